The third-order valence-corrected chi connectivity index (χ3v) is 4.08. The number of benzene rings is 1. The van der Waals surface area contributed by atoms with Gasteiger partial charge in [0.25, 0.3) is 0 Å². The second-order valence-electron chi connectivity index (χ2n) is 4.00. The molecule has 1 N–H and O–H groups in total. The normalized spacial score (nSPS) is 13.7. The summed E-state index contributed by atoms with van der Waals surface area (Å²) in [7, 11) is -3.70. The highest BCUT2D eigenvalue weighted by Gasteiger charge is 2.20. The number of hydrogen-bond acceptors (Lipinski definition) is 5. The molecule has 1 heterocycles. The third kappa shape index (κ3) is 3.24. The quantitative estimate of drug-likeness (QED) is 0.795. The average molecular weight is 285 g/mol. The first-order valence-electron chi connectivity index (χ1n) is 5.94. The number of nitrogens with one attached hydrogen (secondary N) is 1. The molecular weight excluding hydrogens is 270 g/mol. The van der Waals surface area contributed by atoms with Crippen LogP contribution >= 0.6 is 0 Å². The number of rotatable bonds is 5. The number of fused-ring (bicyclic) bond motifs is 1. The molecule has 0 bridgehead atoms. The van der Waals surface area contributed by atoms with E-state index in [-0.39, 0.29) is 18.0 Å². The van der Waals surface area contributed by atoms with E-state index in [1.54, 1.807) is 19.1 Å². The molecule has 1 aliphatic heterocycles. The molecular formula is C12H15NO5S. The Balaban J connectivity index is 2.09. The Hall–Kier alpha value is -1.60. The lowest BCUT2D eigenvalue weighted by atomic mass is 10.2. The smallest absolute Gasteiger partial charge is 0.321 e. The van der Waals surface area contributed by atoms with Crippen LogP contribution in [0.25, 0.3) is 0 Å². The largest absolute Gasteiger partial charge is 0.493 e. The van der Waals surface area contributed by atoms with Gasteiger partial charge >= 0.3 is 5.97 Å². The van der Waals surface area contributed by atoms with Crippen molar-refractivity contribution in [2.24, 2.45) is 0 Å². The molecule has 0 amide bonds. The van der Waals surface area contributed by atoms with Gasteiger partial charge in [-0.2, -0.15) is 4.72 Å². The van der Waals surface area contributed by atoms with Crippen LogP contribution in [0.1, 0.15) is 12.5 Å². The molecule has 0 unspecified atom stereocenters. The van der Waals surface area contributed by atoms with Crippen molar-refractivity contribution < 1.29 is 22.7 Å². The lowest BCUT2D eigenvalue weighted by molar-refractivity contribution is -0.141. The highest BCUT2D eigenvalue weighted by atomic mass is 32.2. The summed E-state index contributed by atoms with van der Waals surface area (Å²) in [4.78, 5) is 11.3. The first-order chi connectivity index (χ1) is 9.03. The van der Waals surface area contributed by atoms with Crippen LogP contribution in [-0.2, 0) is 26.0 Å². The van der Waals surface area contributed by atoms with Crippen molar-refractivity contribution in [3.63, 3.8) is 0 Å². The molecule has 0 atom stereocenters. The van der Waals surface area contributed by atoms with Crippen LogP contribution < -0.4 is 9.46 Å². The Morgan fingerprint density at radius 2 is 2.26 bits per heavy atom. The predicted molar refractivity (Wildman–Crippen MR) is 67.5 cm³/mol. The van der Waals surface area contributed by atoms with Crippen LogP contribution in [-0.4, -0.2) is 34.1 Å². The summed E-state index contributed by atoms with van der Waals surface area (Å²) in [5.74, 6) is 0.111. The topological polar surface area (TPSA) is 81.7 Å². The van der Waals surface area contributed by atoms with Gasteiger partial charge in [0.1, 0.15) is 12.3 Å². The van der Waals surface area contributed by atoms with Crippen molar-refractivity contribution in [3.05, 3.63) is 23.8 Å². The fourth-order valence-electron chi connectivity index (χ4n) is 1.78. The Bertz CT molecular complexity index is 582. The van der Waals surface area contributed by atoms with E-state index in [1.165, 1.54) is 6.07 Å². The number of sulfonamides is 1. The van der Waals surface area contributed by atoms with E-state index in [9.17, 15) is 13.2 Å². The maximum atomic E-state index is 12.0. The fourth-order valence-corrected chi connectivity index (χ4v) is 2.80. The third-order valence-electron chi connectivity index (χ3n) is 2.68. The summed E-state index contributed by atoms with van der Waals surface area (Å²) in [5.41, 5.74) is 0.860. The minimum Gasteiger partial charge on any atom is -0.493 e. The zero-order chi connectivity index (χ0) is 13.9. The molecule has 1 aromatic carbocycles. The van der Waals surface area contributed by atoms with Gasteiger partial charge in [-0.3, -0.25) is 4.79 Å². The van der Waals surface area contributed by atoms with E-state index in [2.05, 4.69) is 9.46 Å². The minimum absolute atomic E-state index is 0.126. The van der Waals surface area contributed by atoms with Crippen molar-refractivity contribution in [2.75, 3.05) is 19.8 Å². The SMILES string of the molecule is CCOC(=O)CNS(=O)(=O)c1ccc2c(c1)CCO2. The molecule has 0 radical (unpaired) electrons. The average Bonchev–Trinajstić information content (AvgIpc) is 2.84. The van der Waals surface area contributed by atoms with Crippen LogP contribution in [0.15, 0.2) is 23.1 Å². The van der Waals surface area contributed by atoms with Gasteiger partial charge in [0, 0.05) is 6.42 Å². The number of carbonyl (C=O) groups is 1. The Morgan fingerprint density at radius 1 is 1.47 bits per heavy atom. The van der Waals surface area contributed by atoms with Gasteiger partial charge in [-0.15, -0.1) is 0 Å². The first-order valence-corrected chi connectivity index (χ1v) is 7.42. The molecule has 0 saturated heterocycles. The molecule has 2 rings (SSSR count). The van der Waals surface area contributed by atoms with Crippen LogP contribution in [0.4, 0.5) is 0 Å². The Labute approximate surface area is 111 Å². The summed E-state index contributed by atoms with van der Waals surface area (Å²) in [5, 5.41) is 0. The zero-order valence-corrected chi connectivity index (χ0v) is 11.3. The van der Waals surface area contributed by atoms with Crippen molar-refractivity contribution in [3.8, 4) is 5.75 Å². The highest BCUT2D eigenvalue weighted by molar-refractivity contribution is 7.89. The molecule has 0 spiro atoms. The van der Waals surface area contributed by atoms with Gasteiger partial charge in [0.05, 0.1) is 18.1 Å². The lowest BCUT2D eigenvalue weighted by Gasteiger charge is -2.07. The summed E-state index contributed by atoms with van der Waals surface area (Å²) < 4.78 is 36.1. The second-order valence-corrected chi connectivity index (χ2v) is 5.76. The number of esters is 1. The van der Waals surface area contributed by atoms with E-state index in [1.807, 2.05) is 0 Å². The molecule has 7 heteroatoms. The summed E-state index contributed by atoms with van der Waals surface area (Å²) in [6.07, 6.45) is 0.691. The Kier molecular flexibility index (Phi) is 4.06. The van der Waals surface area contributed by atoms with E-state index in [0.717, 1.165) is 5.56 Å². The monoisotopic (exact) mass is 285 g/mol. The van der Waals surface area contributed by atoms with Gasteiger partial charge in [-0.25, -0.2) is 8.42 Å². The van der Waals surface area contributed by atoms with Crippen LogP contribution in [0.2, 0.25) is 0 Å². The summed E-state index contributed by atoms with van der Waals surface area (Å²) >= 11 is 0. The maximum Gasteiger partial charge on any atom is 0.321 e. The van der Waals surface area contributed by atoms with E-state index in [0.29, 0.717) is 18.8 Å². The van der Waals surface area contributed by atoms with Gasteiger partial charge in [0.15, 0.2) is 0 Å². The molecule has 1 aromatic rings. The van der Waals surface area contributed by atoms with Gasteiger partial charge in [0.2, 0.25) is 10.0 Å². The lowest BCUT2D eigenvalue weighted by Crippen LogP contribution is -2.30. The highest BCUT2D eigenvalue weighted by Crippen LogP contribution is 2.27. The van der Waals surface area contributed by atoms with Crippen LogP contribution in [0.5, 0.6) is 5.75 Å². The fraction of sp³-hybridized carbons (Fsp3) is 0.417. The van der Waals surface area contributed by atoms with Crippen LogP contribution in [0, 0.1) is 0 Å². The van der Waals surface area contributed by atoms with E-state index in [4.69, 9.17) is 4.74 Å². The molecule has 0 saturated carbocycles. The van der Waals surface area contributed by atoms with Gasteiger partial charge in [-0.1, -0.05) is 0 Å². The molecule has 104 valence electrons. The number of carbonyl (C=O) groups excluding carboxylic acids is 1. The molecule has 0 aromatic heterocycles. The van der Waals surface area contributed by atoms with Crippen LogP contribution in [0.3, 0.4) is 0 Å². The van der Waals surface area contributed by atoms with Crippen molar-refractivity contribution >= 4 is 16.0 Å². The predicted octanol–water partition coefficient (Wildman–Crippen LogP) is 0.463. The summed E-state index contributed by atoms with van der Waals surface area (Å²) in [6, 6.07) is 4.65. The molecule has 6 nitrogen and oxygen atoms in total. The van der Waals surface area contributed by atoms with Gasteiger partial charge in [-0.05, 0) is 30.7 Å². The second kappa shape index (κ2) is 5.58. The summed E-state index contributed by atoms with van der Waals surface area (Å²) in [6.45, 7) is 2.07. The van der Waals surface area contributed by atoms with Gasteiger partial charge < -0.3 is 9.47 Å². The van der Waals surface area contributed by atoms with E-state index < -0.39 is 16.0 Å². The Morgan fingerprint density at radius 3 is 3.00 bits per heavy atom. The number of ether oxygens (including phenoxy) is 2. The zero-order valence-electron chi connectivity index (χ0n) is 10.5. The standard InChI is InChI=1S/C12H15NO5S/c1-2-17-12(14)8-13-19(15,16)10-3-4-11-9(7-10)5-6-18-11/h3-4,7,13H,2,5-6,8H2,1H3. The maximum absolute atomic E-state index is 12.0. The minimum atomic E-state index is -3.70. The molecule has 19 heavy (non-hydrogen) atoms. The number of hydrogen-bond donors (Lipinski definition) is 1. The van der Waals surface area contributed by atoms with E-state index >= 15 is 0 Å². The van der Waals surface area contributed by atoms with Crippen molar-refractivity contribution in [1.29, 1.82) is 0 Å². The molecule has 0 fully saturated rings. The molecule has 0 aliphatic carbocycles. The van der Waals surface area contributed by atoms with Crippen molar-refractivity contribution in [1.82, 2.24) is 4.72 Å². The van der Waals surface area contributed by atoms with Crippen molar-refractivity contribution in [2.45, 2.75) is 18.2 Å². The molecule has 1 aliphatic rings. The first kappa shape index (κ1) is 13.8.